The molecular weight excluding hydrogens is 244 g/mol. The molecule has 0 saturated carbocycles. The summed E-state index contributed by atoms with van der Waals surface area (Å²) in [6.45, 7) is 2.08. The van der Waals surface area contributed by atoms with E-state index in [1.165, 1.54) is 13.3 Å². The Morgan fingerprint density at radius 3 is 2.79 bits per heavy atom. The van der Waals surface area contributed by atoms with Gasteiger partial charge in [0.25, 0.3) is 0 Å². The van der Waals surface area contributed by atoms with E-state index in [1.807, 2.05) is 6.07 Å². The van der Waals surface area contributed by atoms with Crippen LogP contribution in [0.25, 0.3) is 11.1 Å². The van der Waals surface area contributed by atoms with Crippen LogP contribution in [0.4, 0.5) is 0 Å². The van der Waals surface area contributed by atoms with Crippen LogP contribution in [0.15, 0.2) is 36.8 Å². The number of rotatable bonds is 4. The van der Waals surface area contributed by atoms with E-state index in [-0.39, 0.29) is 0 Å². The molecule has 0 aliphatic heterocycles. The molecule has 98 valence electrons. The Morgan fingerprint density at radius 1 is 1.32 bits per heavy atom. The SMILES string of the molecule is CCOC(=O)c1ccnc(OC)c1-c1cccnc1. The van der Waals surface area contributed by atoms with Crippen molar-refractivity contribution in [3.05, 3.63) is 42.4 Å². The van der Waals surface area contributed by atoms with Crippen LogP contribution in [-0.4, -0.2) is 29.7 Å². The molecule has 0 aliphatic carbocycles. The smallest absolute Gasteiger partial charge is 0.339 e. The lowest BCUT2D eigenvalue weighted by atomic mass is 10.0. The molecule has 0 radical (unpaired) electrons. The molecular formula is C14H14N2O3. The highest BCUT2D eigenvalue weighted by Gasteiger charge is 2.19. The summed E-state index contributed by atoms with van der Waals surface area (Å²) in [5.41, 5.74) is 1.77. The Bertz CT molecular complexity index is 570. The predicted molar refractivity (Wildman–Crippen MR) is 70.0 cm³/mol. The molecule has 0 amide bonds. The van der Waals surface area contributed by atoms with Gasteiger partial charge in [-0.2, -0.15) is 0 Å². The fraction of sp³-hybridized carbons (Fsp3) is 0.214. The van der Waals surface area contributed by atoms with Crippen LogP contribution in [0.1, 0.15) is 17.3 Å². The van der Waals surface area contributed by atoms with E-state index >= 15 is 0 Å². The number of carbonyl (C=O) groups excluding carboxylic acids is 1. The molecule has 0 saturated heterocycles. The fourth-order valence-corrected chi connectivity index (χ4v) is 1.77. The summed E-state index contributed by atoms with van der Waals surface area (Å²) >= 11 is 0. The Hall–Kier alpha value is -2.43. The third-order valence-electron chi connectivity index (χ3n) is 2.56. The van der Waals surface area contributed by atoms with E-state index in [4.69, 9.17) is 9.47 Å². The van der Waals surface area contributed by atoms with Gasteiger partial charge in [-0.1, -0.05) is 6.07 Å². The highest BCUT2D eigenvalue weighted by Crippen LogP contribution is 2.31. The van der Waals surface area contributed by atoms with Crippen molar-refractivity contribution in [1.82, 2.24) is 9.97 Å². The number of ether oxygens (including phenoxy) is 2. The van der Waals surface area contributed by atoms with Gasteiger partial charge in [-0.15, -0.1) is 0 Å². The first kappa shape index (κ1) is 13.0. The Labute approximate surface area is 111 Å². The van der Waals surface area contributed by atoms with E-state index in [2.05, 4.69) is 9.97 Å². The molecule has 5 nitrogen and oxygen atoms in total. The number of nitrogens with zero attached hydrogens (tertiary/aromatic N) is 2. The van der Waals surface area contributed by atoms with Gasteiger partial charge in [0.15, 0.2) is 0 Å². The quantitative estimate of drug-likeness (QED) is 0.788. The predicted octanol–water partition coefficient (Wildman–Crippen LogP) is 2.33. The van der Waals surface area contributed by atoms with Crippen LogP contribution in [-0.2, 0) is 4.74 Å². The molecule has 0 fully saturated rings. The molecule has 5 heteroatoms. The highest BCUT2D eigenvalue weighted by molar-refractivity contribution is 5.98. The number of esters is 1. The zero-order valence-electron chi connectivity index (χ0n) is 10.8. The van der Waals surface area contributed by atoms with Crippen molar-refractivity contribution >= 4 is 5.97 Å². The summed E-state index contributed by atoms with van der Waals surface area (Å²) in [7, 11) is 1.51. The Morgan fingerprint density at radius 2 is 2.16 bits per heavy atom. The van der Waals surface area contributed by atoms with Gasteiger partial charge < -0.3 is 9.47 Å². The topological polar surface area (TPSA) is 61.3 Å². The van der Waals surface area contributed by atoms with Gasteiger partial charge in [0.1, 0.15) is 0 Å². The molecule has 0 unspecified atom stereocenters. The minimum absolute atomic E-state index is 0.315. The van der Waals surface area contributed by atoms with Crippen LogP contribution in [0, 0.1) is 0 Å². The maximum absolute atomic E-state index is 12.0. The molecule has 0 bridgehead atoms. The monoisotopic (exact) mass is 258 g/mol. The van der Waals surface area contributed by atoms with Crippen molar-refractivity contribution in [3.63, 3.8) is 0 Å². The number of hydrogen-bond acceptors (Lipinski definition) is 5. The van der Waals surface area contributed by atoms with Gasteiger partial charge >= 0.3 is 5.97 Å². The lowest BCUT2D eigenvalue weighted by Crippen LogP contribution is -2.08. The Balaban J connectivity index is 2.59. The first-order valence-corrected chi connectivity index (χ1v) is 5.88. The first-order chi connectivity index (χ1) is 9.27. The first-order valence-electron chi connectivity index (χ1n) is 5.88. The molecule has 2 rings (SSSR count). The minimum Gasteiger partial charge on any atom is -0.481 e. The molecule has 2 aromatic rings. The van der Waals surface area contributed by atoms with Crippen LogP contribution in [0.3, 0.4) is 0 Å². The zero-order chi connectivity index (χ0) is 13.7. The van der Waals surface area contributed by atoms with Crippen LogP contribution in [0.2, 0.25) is 0 Å². The highest BCUT2D eigenvalue weighted by atomic mass is 16.5. The van der Waals surface area contributed by atoms with E-state index in [0.717, 1.165) is 5.56 Å². The van der Waals surface area contributed by atoms with E-state index in [1.54, 1.807) is 31.5 Å². The van der Waals surface area contributed by atoms with E-state index < -0.39 is 5.97 Å². The second kappa shape index (κ2) is 5.95. The van der Waals surface area contributed by atoms with Crippen molar-refractivity contribution in [2.24, 2.45) is 0 Å². The zero-order valence-corrected chi connectivity index (χ0v) is 10.8. The molecule has 0 spiro atoms. The second-order valence-corrected chi connectivity index (χ2v) is 3.70. The summed E-state index contributed by atoms with van der Waals surface area (Å²) in [4.78, 5) is 20.1. The maximum atomic E-state index is 12.0. The molecule has 2 aromatic heterocycles. The van der Waals surface area contributed by atoms with Gasteiger partial charge in [-0.05, 0) is 19.1 Å². The Kier molecular flexibility index (Phi) is 4.07. The molecule has 2 heterocycles. The number of methoxy groups -OCH3 is 1. The average molecular weight is 258 g/mol. The summed E-state index contributed by atoms with van der Waals surface area (Å²) in [5.74, 6) is -0.0272. The number of aromatic nitrogens is 2. The minimum atomic E-state index is -0.401. The molecule has 0 atom stereocenters. The van der Waals surface area contributed by atoms with Gasteiger partial charge in [0.2, 0.25) is 5.88 Å². The van der Waals surface area contributed by atoms with Gasteiger partial charge in [0, 0.05) is 24.2 Å². The number of carbonyl (C=O) groups is 1. The lowest BCUT2D eigenvalue weighted by Gasteiger charge is -2.11. The summed E-state index contributed by atoms with van der Waals surface area (Å²) in [6, 6.07) is 5.24. The third kappa shape index (κ3) is 2.70. The summed E-state index contributed by atoms with van der Waals surface area (Å²) < 4.78 is 10.3. The summed E-state index contributed by atoms with van der Waals surface area (Å²) in [6.07, 6.45) is 4.84. The van der Waals surface area contributed by atoms with Crippen LogP contribution in [0.5, 0.6) is 5.88 Å². The summed E-state index contributed by atoms with van der Waals surface area (Å²) in [5, 5.41) is 0. The van der Waals surface area contributed by atoms with Crippen molar-refractivity contribution in [3.8, 4) is 17.0 Å². The van der Waals surface area contributed by atoms with Gasteiger partial charge in [-0.25, -0.2) is 9.78 Å². The third-order valence-corrected chi connectivity index (χ3v) is 2.56. The number of hydrogen-bond donors (Lipinski definition) is 0. The fourth-order valence-electron chi connectivity index (χ4n) is 1.77. The van der Waals surface area contributed by atoms with Crippen LogP contribution >= 0.6 is 0 Å². The largest absolute Gasteiger partial charge is 0.481 e. The van der Waals surface area contributed by atoms with Crippen molar-refractivity contribution in [2.75, 3.05) is 13.7 Å². The van der Waals surface area contributed by atoms with Gasteiger partial charge in [-0.3, -0.25) is 4.98 Å². The maximum Gasteiger partial charge on any atom is 0.339 e. The second-order valence-electron chi connectivity index (χ2n) is 3.70. The van der Waals surface area contributed by atoms with Crippen molar-refractivity contribution in [1.29, 1.82) is 0 Å². The molecule has 0 aliphatic rings. The average Bonchev–Trinajstić information content (AvgIpc) is 2.47. The van der Waals surface area contributed by atoms with Crippen molar-refractivity contribution < 1.29 is 14.3 Å². The van der Waals surface area contributed by atoms with Crippen molar-refractivity contribution in [2.45, 2.75) is 6.92 Å². The lowest BCUT2D eigenvalue weighted by molar-refractivity contribution is 0.0526. The van der Waals surface area contributed by atoms with E-state index in [0.29, 0.717) is 23.6 Å². The standard InChI is InChI=1S/C14H14N2O3/c1-3-19-14(17)11-6-8-16-13(18-2)12(11)10-5-4-7-15-9-10/h4-9H,3H2,1-2H3. The molecule has 0 aromatic carbocycles. The van der Waals surface area contributed by atoms with Gasteiger partial charge in [0.05, 0.1) is 24.8 Å². The normalized spacial score (nSPS) is 10.0. The molecule has 19 heavy (non-hydrogen) atoms. The van der Waals surface area contributed by atoms with E-state index in [9.17, 15) is 4.79 Å². The molecule has 0 N–H and O–H groups in total. The number of pyridine rings is 2. The van der Waals surface area contributed by atoms with Crippen LogP contribution < -0.4 is 4.74 Å².